The number of likely N-dealkylation sites (tertiary alicyclic amines) is 1. The predicted octanol–water partition coefficient (Wildman–Crippen LogP) is 2.54. The minimum Gasteiger partial charge on any atom is -0.367 e. The highest BCUT2D eigenvalue weighted by molar-refractivity contribution is 7.94. The van der Waals surface area contributed by atoms with Crippen LogP contribution in [-0.4, -0.2) is 44.5 Å². The third kappa shape index (κ3) is 3.75. The summed E-state index contributed by atoms with van der Waals surface area (Å²) in [6.07, 6.45) is 2.22. The molecule has 2 aliphatic rings. The zero-order chi connectivity index (χ0) is 20.4. The molecular weight excluding hydrogens is 388 g/mol. The molecule has 0 aromatic heterocycles. The monoisotopic (exact) mass is 410 g/mol. The van der Waals surface area contributed by atoms with E-state index in [-0.39, 0.29) is 23.4 Å². The fourth-order valence-electron chi connectivity index (χ4n) is 3.86. The summed E-state index contributed by atoms with van der Waals surface area (Å²) >= 11 is 0. The zero-order valence-corrected chi connectivity index (χ0v) is 16.7. The molecule has 2 aromatic carbocycles. The Kier molecular flexibility index (Phi) is 5.34. The van der Waals surface area contributed by atoms with E-state index in [1.807, 2.05) is 30.3 Å². The largest absolute Gasteiger partial charge is 0.367 e. The number of ketones is 2. The highest BCUT2D eigenvalue weighted by Crippen LogP contribution is 2.32. The summed E-state index contributed by atoms with van der Waals surface area (Å²) in [6, 6.07) is 15.9. The fourth-order valence-corrected chi connectivity index (χ4v) is 5.21. The van der Waals surface area contributed by atoms with E-state index in [1.165, 1.54) is 6.07 Å². The number of hydrogen-bond donors (Lipinski definition) is 1. The average Bonchev–Trinajstić information content (AvgIpc) is 3.25. The molecule has 6 nitrogen and oxygen atoms in total. The molecule has 1 fully saturated rings. The van der Waals surface area contributed by atoms with E-state index >= 15 is 0 Å². The molecule has 0 spiro atoms. The number of benzene rings is 2. The first-order valence-corrected chi connectivity index (χ1v) is 11.2. The summed E-state index contributed by atoms with van der Waals surface area (Å²) in [5, 5.41) is 0. The zero-order valence-electron chi connectivity index (χ0n) is 15.9. The van der Waals surface area contributed by atoms with Gasteiger partial charge in [0.05, 0.1) is 0 Å². The van der Waals surface area contributed by atoms with Crippen LogP contribution in [-0.2, 0) is 16.4 Å². The fraction of sp³-hybridized carbons (Fsp3) is 0.273. The van der Waals surface area contributed by atoms with E-state index < -0.39 is 26.5 Å². The van der Waals surface area contributed by atoms with Gasteiger partial charge in [0.15, 0.2) is 4.91 Å². The van der Waals surface area contributed by atoms with Crippen molar-refractivity contribution in [1.29, 1.82) is 0 Å². The van der Waals surface area contributed by atoms with Gasteiger partial charge in [0.2, 0.25) is 21.6 Å². The van der Waals surface area contributed by atoms with E-state index in [4.69, 9.17) is 0 Å². The summed E-state index contributed by atoms with van der Waals surface area (Å²) < 4.78 is 28.8. The number of Topliss-reactive ketones (excluding diaryl/α,β-unsaturated/α-hetero) is 2. The number of carbonyl (C=O) groups excluding carboxylic acids is 2. The van der Waals surface area contributed by atoms with Crippen LogP contribution in [0.25, 0.3) is 0 Å². The van der Waals surface area contributed by atoms with Crippen LogP contribution in [0.1, 0.15) is 39.1 Å². The quantitative estimate of drug-likeness (QED) is 0.791. The molecule has 0 bridgehead atoms. The summed E-state index contributed by atoms with van der Waals surface area (Å²) in [5.74, 6) is -1.01. The smallest absolute Gasteiger partial charge is 0.246 e. The van der Waals surface area contributed by atoms with Crippen molar-refractivity contribution in [3.63, 3.8) is 0 Å². The van der Waals surface area contributed by atoms with Crippen molar-refractivity contribution in [2.75, 3.05) is 19.6 Å². The van der Waals surface area contributed by atoms with E-state index in [9.17, 15) is 18.0 Å². The lowest BCUT2D eigenvalue weighted by Gasteiger charge is -2.27. The minimum absolute atomic E-state index is 0.0124. The number of allylic oxidation sites excluding steroid dienone is 2. The molecule has 4 rings (SSSR count). The number of nitrogens with zero attached hydrogens (tertiary/aromatic N) is 1. The van der Waals surface area contributed by atoms with Gasteiger partial charge in [-0.25, -0.2) is 13.1 Å². The van der Waals surface area contributed by atoms with Crippen molar-refractivity contribution >= 4 is 21.6 Å². The normalized spacial score (nSPS) is 17.0. The van der Waals surface area contributed by atoms with Crippen molar-refractivity contribution in [3.05, 3.63) is 81.9 Å². The summed E-state index contributed by atoms with van der Waals surface area (Å²) in [7, 11) is -4.15. The first-order chi connectivity index (χ1) is 14.0. The van der Waals surface area contributed by atoms with Crippen LogP contribution in [0.15, 0.2) is 65.2 Å². The summed E-state index contributed by atoms with van der Waals surface area (Å²) in [4.78, 5) is 27.6. The highest BCUT2D eigenvalue weighted by Gasteiger charge is 2.41. The number of hydrogen-bond acceptors (Lipinski definition) is 5. The molecule has 1 aliphatic heterocycles. The van der Waals surface area contributed by atoms with E-state index in [1.54, 1.807) is 23.1 Å². The molecule has 0 amide bonds. The van der Waals surface area contributed by atoms with Gasteiger partial charge in [-0.15, -0.1) is 0 Å². The van der Waals surface area contributed by atoms with Crippen molar-refractivity contribution < 1.29 is 18.0 Å². The molecule has 0 radical (unpaired) electrons. The van der Waals surface area contributed by atoms with Gasteiger partial charge in [0.25, 0.3) is 0 Å². The van der Waals surface area contributed by atoms with Gasteiger partial charge in [-0.05, 0) is 24.8 Å². The summed E-state index contributed by atoms with van der Waals surface area (Å²) in [6.45, 7) is 1.28. The number of sulfonamides is 1. The van der Waals surface area contributed by atoms with Gasteiger partial charge in [-0.3, -0.25) is 9.59 Å². The number of rotatable bonds is 6. The number of nitrogens with one attached hydrogen (secondary N) is 1. The second-order valence-corrected chi connectivity index (χ2v) is 8.91. The third-order valence-corrected chi connectivity index (χ3v) is 6.79. The second-order valence-electron chi connectivity index (χ2n) is 7.21. The molecule has 150 valence electrons. The molecule has 0 atom stereocenters. The SMILES string of the molecule is O=C1C(N2CCCC2)=C(S(=O)(=O)NCCc2ccccc2)C(=O)c2ccccc21. The van der Waals surface area contributed by atoms with Gasteiger partial charge in [-0.1, -0.05) is 54.6 Å². The van der Waals surface area contributed by atoms with Gasteiger partial charge < -0.3 is 4.90 Å². The van der Waals surface area contributed by atoms with Crippen LogP contribution < -0.4 is 4.72 Å². The third-order valence-electron chi connectivity index (χ3n) is 5.29. The van der Waals surface area contributed by atoms with Crippen LogP contribution in [0.3, 0.4) is 0 Å². The first kappa shape index (κ1) is 19.5. The molecular formula is C22H22N2O4S. The maximum Gasteiger partial charge on any atom is 0.246 e. The molecule has 1 heterocycles. The topological polar surface area (TPSA) is 83.6 Å². The summed E-state index contributed by atoms with van der Waals surface area (Å²) in [5.41, 5.74) is 1.41. The Morgan fingerprint density at radius 2 is 1.41 bits per heavy atom. The van der Waals surface area contributed by atoms with Crippen LogP contribution in [0.5, 0.6) is 0 Å². The van der Waals surface area contributed by atoms with Crippen LogP contribution in [0.2, 0.25) is 0 Å². The van der Waals surface area contributed by atoms with Gasteiger partial charge in [-0.2, -0.15) is 0 Å². The molecule has 0 saturated carbocycles. The maximum atomic E-state index is 13.2. The Morgan fingerprint density at radius 3 is 2.07 bits per heavy atom. The lowest BCUT2D eigenvalue weighted by Crippen LogP contribution is -2.39. The van der Waals surface area contributed by atoms with E-state index in [0.717, 1.165) is 18.4 Å². The number of fused-ring (bicyclic) bond motifs is 1. The Bertz CT molecular complexity index is 1080. The molecule has 2 aromatic rings. The second kappa shape index (κ2) is 7.93. The number of carbonyl (C=O) groups is 2. The average molecular weight is 410 g/mol. The van der Waals surface area contributed by atoms with E-state index in [2.05, 4.69) is 4.72 Å². The Hall–Kier alpha value is -2.77. The maximum absolute atomic E-state index is 13.2. The van der Waals surface area contributed by atoms with Crippen molar-refractivity contribution in [2.24, 2.45) is 0 Å². The highest BCUT2D eigenvalue weighted by atomic mass is 32.2. The van der Waals surface area contributed by atoms with Crippen molar-refractivity contribution in [3.8, 4) is 0 Å². The standard InChI is InChI=1S/C22H22N2O4S/c25-20-17-10-4-5-11-18(17)21(26)22(19(20)24-14-6-7-15-24)29(27,28)23-13-12-16-8-2-1-3-9-16/h1-5,8-11,23H,6-7,12-15H2. The minimum atomic E-state index is -4.15. The lowest BCUT2D eigenvalue weighted by atomic mass is 9.92. The Balaban J connectivity index is 1.69. The molecule has 1 aliphatic carbocycles. The lowest BCUT2D eigenvalue weighted by molar-refractivity contribution is 0.0952. The van der Waals surface area contributed by atoms with Gasteiger partial charge in [0, 0.05) is 30.8 Å². The predicted molar refractivity (Wildman–Crippen MR) is 110 cm³/mol. The van der Waals surface area contributed by atoms with Crippen molar-refractivity contribution in [2.45, 2.75) is 19.3 Å². The Labute approximate surface area is 170 Å². The molecule has 0 unspecified atom stereocenters. The van der Waals surface area contributed by atoms with E-state index in [0.29, 0.717) is 19.5 Å². The van der Waals surface area contributed by atoms with Crippen LogP contribution >= 0.6 is 0 Å². The van der Waals surface area contributed by atoms with Gasteiger partial charge >= 0.3 is 0 Å². The Morgan fingerprint density at radius 1 is 0.828 bits per heavy atom. The molecule has 29 heavy (non-hydrogen) atoms. The first-order valence-electron chi connectivity index (χ1n) is 9.70. The van der Waals surface area contributed by atoms with Crippen LogP contribution in [0, 0.1) is 0 Å². The molecule has 1 saturated heterocycles. The molecule has 7 heteroatoms. The van der Waals surface area contributed by atoms with Gasteiger partial charge in [0.1, 0.15) is 5.70 Å². The molecule has 1 N–H and O–H groups in total. The van der Waals surface area contributed by atoms with Crippen LogP contribution in [0.4, 0.5) is 0 Å². The van der Waals surface area contributed by atoms with Crippen molar-refractivity contribution in [1.82, 2.24) is 9.62 Å².